The Morgan fingerprint density at radius 3 is 2.86 bits per heavy atom. The van der Waals surface area contributed by atoms with E-state index in [4.69, 9.17) is 5.26 Å². The standard InChI is InChI=1S/C11H15N3/c1-10(2-6-12)14-9-5-11-3-7-13-8-4-11/h3-4,7-8,10,14H,2,5,9H2,1H3. The van der Waals surface area contributed by atoms with Crippen molar-refractivity contribution in [2.75, 3.05) is 6.54 Å². The maximum Gasteiger partial charge on any atom is 0.0638 e. The third-order valence-corrected chi connectivity index (χ3v) is 2.05. The Hall–Kier alpha value is -1.40. The third-order valence-electron chi connectivity index (χ3n) is 2.05. The van der Waals surface area contributed by atoms with E-state index in [9.17, 15) is 0 Å². The highest BCUT2D eigenvalue weighted by Gasteiger charge is 1.98. The van der Waals surface area contributed by atoms with Crippen molar-refractivity contribution in [3.05, 3.63) is 30.1 Å². The van der Waals surface area contributed by atoms with E-state index in [1.54, 1.807) is 12.4 Å². The fourth-order valence-corrected chi connectivity index (χ4v) is 1.22. The van der Waals surface area contributed by atoms with Gasteiger partial charge in [0.1, 0.15) is 0 Å². The lowest BCUT2D eigenvalue weighted by Crippen LogP contribution is -2.27. The van der Waals surface area contributed by atoms with Crippen molar-refractivity contribution in [2.45, 2.75) is 25.8 Å². The van der Waals surface area contributed by atoms with Crippen LogP contribution in [-0.4, -0.2) is 17.6 Å². The van der Waals surface area contributed by atoms with Gasteiger partial charge in [-0.1, -0.05) is 0 Å². The molecule has 0 spiro atoms. The quantitative estimate of drug-likeness (QED) is 0.764. The van der Waals surface area contributed by atoms with E-state index in [2.05, 4.69) is 16.4 Å². The van der Waals surface area contributed by atoms with E-state index in [0.717, 1.165) is 13.0 Å². The van der Waals surface area contributed by atoms with Gasteiger partial charge in [-0.25, -0.2) is 0 Å². The molecule has 0 fully saturated rings. The molecule has 0 aliphatic heterocycles. The summed E-state index contributed by atoms with van der Waals surface area (Å²) in [5, 5.41) is 11.7. The fourth-order valence-electron chi connectivity index (χ4n) is 1.22. The van der Waals surface area contributed by atoms with Crippen LogP contribution in [0.4, 0.5) is 0 Å². The third kappa shape index (κ3) is 4.01. The highest BCUT2D eigenvalue weighted by Crippen LogP contribution is 1.97. The number of nitrogens with one attached hydrogen (secondary N) is 1. The predicted molar refractivity (Wildman–Crippen MR) is 55.6 cm³/mol. The molecule has 0 amide bonds. The molecule has 74 valence electrons. The van der Waals surface area contributed by atoms with Crippen LogP contribution in [0, 0.1) is 11.3 Å². The van der Waals surface area contributed by atoms with Gasteiger partial charge in [0.15, 0.2) is 0 Å². The monoisotopic (exact) mass is 189 g/mol. The Labute approximate surface area is 84.8 Å². The highest BCUT2D eigenvalue weighted by molar-refractivity contribution is 5.09. The smallest absolute Gasteiger partial charge is 0.0638 e. The average molecular weight is 189 g/mol. The minimum Gasteiger partial charge on any atom is -0.313 e. The largest absolute Gasteiger partial charge is 0.313 e. The zero-order valence-corrected chi connectivity index (χ0v) is 8.40. The van der Waals surface area contributed by atoms with E-state index in [0.29, 0.717) is 6.42 Å². The van der Waals surface area contributed by atoms with Crippen molar-refractivity contribution < 1.29 is 0 Å². The first-order valence-corrected chi connectivity index (χ1v) is 4.82. The second-order valence-corrected chi connectivity index (χ2v) is 3.32. The lowest BCUT2D eigenvalue weighted by molar-refractivity contribution is 0.560. The molecule has 0 bridgehead atoms. The van der Waals surface area contributed by atoms with Gasteiger partial charge in [0.2, 0.25) is 0 Å². The fraction of sp³-hybridized carbons (Fsp3) is 0.455. The summed E-state index contributed by atoms with van der Waals surface area (Å²) in [5.74, 6) is 0. The van der Waals surface area contributed by atoms with Gasteiger partial charge in [-0.05, 0) is 37.6 Å². The Kier molecular flexibility index (Phi) is 4.66. The summed E-state index contributed by atoms with van der Waals surface area (Å²) in [6.07, 6.45) is 5.15. The molecule has 1 unspecified atom stereocenters. The minimum atomic E-state index is 0.279. The predicted octanol–water partition coefficient (Wildman–Crippen LogP) is 1.52. The summed E-state index contributed by atoms with van der Waals surface area (Å²) in [6.45, 7) is 2.93. The molecule has 1 atom stereocenters. The SMILES string of the molecule is CC(CC#N)NCCc1ccncc1. The van der Waals surface area contributed by atoms with Crippen molar-refractivity contribution >= 4 is 0 Å². The Balaban J connectivity index is 2.19. The maximum absolute atomic E-state index is 8.45. The van der Waals surface area contributed by atoms with Crippen molar-refractivity contribution in [3.8, 4) is 6.07 Å². The maximum atomic E-state index is 8.45. The van der Waals surface area contributed by atoms with E-state index in [1.165, 1.54) is 5.56 Å². The molecule has 1 heterocycles. The number of pyridine rings is 1. The number of hydrogen-bond acceptors (Lipinski definition) is 3. The van der Waals surface area contributed by atoms with Crippen molar-refractivity contribution in [2.24, 2.45) is 0 Å². The number of hydrogen-bond donors (Lipinski definition) is 1. The summed E-state index contributed by atoms with van der Waals surface area (Å²) >= 11 is 0. The molecule has 14 heavy (non-hydrogen) atoms. The molecule has 0 aliphatic carbocycles. The van der Waals surface area contributed by atoms with E-state index in [-0.39, 0.29) is 6.04 Å². The molecule has 0 saturated heterocycles. The summed E-state index contributed by atoms with van der Waals surface area (Å²) in [4.78, 5) is 3.95. The Morgan fingerprint density at radius 2 is 2.21 bits per heavy atom. The van der Waals surface area contributed by atoms with Gasteiger partial charge in [-0.2, -0.15) is 5.26 Å². The van der Waals surface area contributed by atoms with E-state index >= 15 is 0 Å². The van der Waals surface area contributed by atoms with Crippen LogP contribution in [0.25, 0.3) is 0 Å². The lowest BCUT2D eigenvalue weighted by atomic mass is 10.2. The number of aromatic nitrogens is 1. The summed E-state index contributed by atoms with van der Waals surface area (Å²) < 4.78 is 0. The molecule has 0 aromatic carbocycles. The molecule has 0 aliphatic rings. The van der Waals surface area contributed by atoms with Gasteiger partial charge in [0.25, 0.3) is 0 Å². The lowest BCUT2D eigenvalue weighted by Gasteiger charge is -2.09. The van der Waals surface area contributed by atoms with Crippen LogP contribution in [0.1, 0.15) is 18.9 Å². The second-order valence-electron chi connectivity index (χ2n) is 3.32. The molecule has 1 aromatic heterocycles. The molecule has 0 radical (unpaired) electrons. The number of nitrogens with zero attached hydrogens (tertiary/aromatic N) is 2. The molecule has 1 N–H and O–H groups in total. The van der Waals surface area contributed by atoms with Gasteiger partial charge in [-0.15, -0.1) is 0 Å². The zero-order chi connectivity index (χ0) is 10.2. The number of rotatable bonds is 5. The normalized spacial score (nSPS) is 12.0. The zero-order valence-electron chi connectivity index (χ0n) is 8.40. The summed E-state index contributed by atoms with van der Waals surface area (Å²) in [7, 11) is 0. The first-order chi connectivity index (χ1) is 6.83. The van der Waals surface area contributed by atoms with Crippen LogP contribution in [-0.2, 0) is 6.42 Å². The summed E-state index contributed by atoms with van der Waals surface area (Å²) in [6, 6.07) is 6.44. The van der Waals surface area contributed by atoms with Crippen LogP contribution < -0.4 is 5.32 Å². The van der Waals surface area contributed by atoms with Crippen LogP contribution >= 0.6 is 0 Å². The molecule has 3 nitrogen and oxygen atoms in total. The molecule has 1 rings (SSSR count). The van der Waals surface area contributed by atoms with E-state index < -0.39 is 0 Å². The van der Waals surface area contributed by atoms with Gasteiger partial charge in [0, 0.05) is 18.4 Å². The first-order valence-electron chi connectivity index (χ1n) is 4.82. The molecule has 1 aromatic rings. The average Bonchev–Trinajstić information content (AvgIpc) is 2.20. The summed E-state index contributed by atoms with van der Waals surface area (Å²) in [5.41, 5.74) is 1.27. The van der Waals surface area contributed by atoms with Crippen LogP contribution in [0.2, 0.25) is 0 Å². The molecular formula is C11H15N3. The second kappa shape index (κ2) is 6.11. The Morgan fingerprint density at radius 1 is 1.50 bits per heavy atom. The van der Waals surface area contributed by atoms with Gasteiger partial charge in [0.05, 0.1) is 12.5 Å². The topological polar surface area (TPSA) is 48.7 Å². The molecule has 0 saturated carbocycles. The van der Waals surface area contributed by atoms with Crippen LogP contribution in [0.15, 0.2) is 24.5 Å². The van der Waals surface area contributed by atoms with Crippen LogP contribution in [0.5, 0.6) is 0 Å². The number of nitriles is 1. The molecular weight excluding hydrogens is 174 g/mol. The van der Waals surface area contributed by atoms with Gasteiger partial charge < -0.3 is 5.32 Å². The van der Waals surface area contributed by atoms with Crippen molar-refractivity contribution in [1.29, 1.82) is 5.26 Å². The molecule has 3 heteroatoms. The van der Waals surface area contributed by atoms with Crippen LogP contribution in [0.3, 0.4) is 0 Å². The van der Waals surface area contributed by atoms with Gasteiger partial charge in [-0.3, -0.25) is 4.98 Å². The van der Waals surface area contributed by atoms with E-state index in [1.807, 2.05) is 19.1 Å². The Bertz CT molecular complexity index is 289. The van der Waals surface area contributed by atoms with Crippen molar-refractivity contribution in [1.82, 2.24) is 10.3 Å². The van der Waals surface area contributed by atoms with Crippen molar-refractivity contribution in [3.63, 3.8) is 0 Å². The van der Waals surface area contributed by atoms with Gasteiger partial charge >= 0.3 is 0 Å². The highest BCUT2D eigenvalue weighted by atomic mass is 14.9. The minimum absolute atomic E-state index is 0.279. The first kappa shape index (κ1) is 10.7.